The van der Waals surface area contributed by atoms with Crippen LogP contribution in [0.3, 0.4) is 0 Å². The third kappa shape index (κ3) is 4.51. The molecule has 0 unspecified atom stereocenters. The Labute approximate surface area is 199 Å². The van der Waals surface area contributed by atoms with Gasteiger partial charge in [0.1, 0.15) is 22.6 Å². The van der Waals surface area contributed by atoms with E-state index in [1.807, 2.05) is 6.07 Å². The first-order valence-electron chi connectivity index (χ1n) is 10.2. The van der Waals surface area contributed by atoms with E-state index in [2.05, 4.69) is 25.3 Å². The summed E-state index contributed by atoms with van der Waals surface area (Å²) in [6.45, 7) is 4.76. The quantitative estimate of drug-likeness (QED) is 0.412. The summed E-state index contributed by atoms with van der Waals surface area (Å²) >= 11 is 6.49. The topological polar surface area (TPSA) is 108 Å². The Bertz CT molecular complexity index is 1450. The Balaban J connectivity index is 1.79. The summed E-state index contributed by atoms with van der Waals surface area (Å²) < 4.78 is 29.2. The van der Waals surface area contributed by atoms with Gasteiger partial charge in [-0.05, 0) is 39.0 Å². The predicted molar refractivity (Wildman–Crippen MR) is 124 cm³/mol. The number of halogens is 3. The number of aryl methyl sites for hydroxylation is 1. The maximum Gasteiger partial charge on any atom is 0.159 e. The summed E-state index contributed by atoms with van der Waals surface area (Å²) in [5.74, 6) is -0.941. The Morgan fingerprint density at radius 2 is 1.82 bits per heavy atom. The highest BCUT2D eigenvalue weighted by atomic mass is 35.5. The SMILES string of the molecule is Cc1nc2cc(F)c(-c3cnc(C(C)(C)O)nc3)nc2c(NCc2cc(C#N)ccc2F)c1Cl. The zero-order valence-corrected chi connectivity index (χ0v) is 19.2. The summed E-state index contributed by atoms with van der Waals surface area (Å²) in [4.78, 5) is 17.0. The van der Waals surface area contributed by atoms with Gasteiger partial charge < -0.3 is 10.4 Å². The maximum absolute atomic E-state index is 14.9. The van der Waals surface area contributed by atoms with Crippen LogP contribution in [-0.4, -0.2) is 25.0 Å². The number of nitrogens with zero attached hydrogens (tertiary/aromatic N) is 5. The van der Waals surface area contributed by atoms with E-state index in [1.165, 1.54) is 36.7 Å². The molecule has 3 heterocycles. The monoisotopic (exact) mass is 480 g/mol. The van der Waals surface area contributed by atoms with Crippen LogP contribution in [0.25, 0.3) is 22.3 Å². The molecule has 0 fully saturated rings. The van der Waals surface area contributed by atoms with Crippen molar-refractivity contribution in [2.24, 2.45) is 0 Å². The average molecular weight is 481 g/mol. The van der Waals surface area contributed by atoms with Crippen LogP contribution in [0.2, 0.25) is 5.02 Å². The molecule has 0 aliphatic heterocycles. The number of fused-ring (bicyclic) bond motifs is 1. The average Bonchev–Trinajstić information content (AvgIpc) is 2.80. The van der Waals surface area contributed by atoms with Crippen molar-refractivity contribution in [1.29, 1.82) is 5.26 Å². The minimum Gasteiger partial charge on any atom is -0.382 e. The van der Waals surface area contributed by atoms with Crippen molar-refractivity contribution in [3.8, 4) is 17.3 Å². The molecule has 0 bridgehead atoms. The lowest BCUT2D eigenvalue weighted by atomic mass is 10.1. The van der Waals surface area contributed by atoms with Gasteiger partial charge in [0.05, 0.1) is 33.6 Å². The van der Waals surface area contributed by atoms with Crippen LogP contribution in [0.1, 0.15) is 36.5 Å². The van der Waals surface area contributed by atoms with Gasteiger partial charge in [-0.2, -0.15) is 5.26 Å². The summed E-state index contributed by atoms with van der Waals surface area (Å²) in [6, 6.07) is 7.25. The molecule has 34 heavy (non-hydrogen) atoms. The van der Waals surface area contributed by atoms with Crippen LogP contribution in [0.5, 0.6) is 0 Å². The van der Waals surface area contributed by atoms with Crippen molar-refractivity contribution < 1.29 is 13.9 Å². The van der Waals surface area contributed by atoms with Crippen LogP contribution in [0, 0.1) is 29.9 Å². The minimum absolute atomic E-state index is 0.0113. The Kier molecular flexibility index (Phi) is 6.13. The first-order valence-corrected chi connectivity index (χ1v) is 10.6. The predicted octanol–water partition coefficient (Wildman–Crippen LogP) is 5.04. The molecule has 0 atom stereocenters. The molecule has 0 saturated heterocycles. The van der Waals surface area contributed by atoms with Gasteiger partial charge in [-0.25, -0.2) is 28.7 Å². The number of anilines is 1. The van der Waals surface area contributed by atoms with Crippen LogP contribution >= 0.6 is 11.6 Å². The number of benzene rings is 1. The number of aliphatic hydroxyl groups is 1. The number of aromatic nitrogens is 4. The Hall–Kier alpha value is -3.74. The maximum atomic E-state index is 14.9. The van der Waals surface area contributed by atoms with E-state index in [-0.39, 0.29) is 39.7 Å². The lowest BCUT2D eigenvalue weighted by Crippen LogP contribution is -2.19. The van der Waals surface area contributed by atoms with Crippen molar-refractivity contribution >= 4 is 28.3 Å². The van der Waals surface area contributed by atoms with Crippen molar-refractivity contribution in [1.82, 2.24) is 19.9 Å². The Morgan fingerprint density at radius 3 is 2.47 bits per heavy atom. The molecule has 0 saturated carbocycles. The van der Waals surface area contributed by atoms with E-state index in [1.54, 1.807) is 20.8 Å². The van der Waals surface area contributed by atoms with Crippen LogP contribution < -0.4 is 5.32 Å². The molecule has 1 aromatic carbocycles. The molecule has 4 aromatic rings. The summed E-state index contributed by atoms with van der Waals surface area (Å²) in [5.41, 5.74) is 0.906. The summed E-state index contributed by atoms with van der Waals surface area (Å²) in [5, 5.41) is 22.5. The fraction of sp³-hybridized carbons (Fsp3) is 0.208. The van der Waals surface area contributed by atoms with E-state index in [0.29, 0.717) is 22.5 Å². The molecule has 10 heteroatoms. The molecule has 0 radical (unpaired) electrons. The van der Waals surface area contributed by atoms with Crippen molar-refractivity contribution in [2.45, 2.75) is 32.9 Å². The molecule has 0 aliphatic rings. The third-order valence-corrected chi connectivity index (χ3v) is 5.58. The highest BCUT2D eigenvalue weighted by Crippen LogP contribution is 2.34. The number of rotatable bonds is 5. The molecular formula is C24H19ClF2N6O. The highest BCUT2D eigenvalue weighted by molar-refractivity contribution is 6.35. The van der Waals surface area contributed by atoms with Gasteiger partial charge in [0.25, 0.3) is 0 Å². The first-order chi connectivity index (χ1) is 16.1. The smallest absolute Gasteiger partial charge is 0.159 e. The summed E-state index contributed by atoms with van der Waals surface area (Å²) in [6.07, 6.45) is 2.74. The fourth-order valence-corrected chi connectivity index (χ4v) is 3.56. The van der Waals surface area contributed by atoms with Gasteiger partial charge in [-0.3, -0.25) is 0 Å². The third-order valence-electron chi connectivity index (χ3n) is 5.12. The standard InChI is InChI=1S/C24H19ClF2N6O/c1-12-19(25)22(29-9-14-6-13(8-28)4-5-16(14)26)21-18(32-12)7-17(27)20(33-21)15-10-30-23(31-11-15)24(2,3)34/h4-7,10-11,34H,9H2,1-3H3,(H,29,32). The van der Waals surface area contributed by atoms with E-state index in [9.17, 15) is 13.9 Å². The van der Waals surface area contributed by atoms with E-state index < -0.39 is 17.2 Å². The molecule has 0 spiro atoms. The first kappa shape index (κ1) is 23.4. The van der Waals surface area contributed by atoms with Crippen LogP contribution in [-0.2, 0) is 12.1 Å². The Morgan fingerprint density at radius 1 is 1.12 bits per heavy atom. The molecular weight excluding hydrogens is 462 g/mol. The molecule has 2 N–H and O–H groups in total. The van der Waals surface area contributed by atoms with Gasteiger partial charge in [-0.15, -0.1) is 0 Å². The zero-order chi connectivity index (χ0) is 24.6. The van der Waals surface area contributed by atoms with Crippen molar-refractivity contribution in [3.63, 3.8) is 0 Å². The van der Waals surface area contributed by atoms with E-state index in [0.717, 1.165) is 0 Å². The molecule has 7 nitrogen and oxygen atoms in total. The van der Waals surface area contributed by atoms with Gasteiger partial charge >= 0.3 is 0 Å². The molecule has 4 rings (SSSR count). The van der Waals surface area contributed by atoms with Gasteiger partial charge in [0.15, 0.2) is 11.6 Å². The number of pyridine rings is 2. The van der Waals surface area contributed by atoms with Crippen LogP contribution in [0.4, 0.5) is 14.5 Å². The molecule has 172 valence electrons. The second kappa shape index (κ2) is 8.89. The normalized spacial score (nSPS) is 11.5. The van der Waals surface area contributed by atoms with E-state index >= 15 is 0 Å². The lowest BCUT2D eigenvalue weighted by molar-refractivity contribution is 0.0687. The highest BCUT2D eigenvalue weighted by Gasteiger charge is 2.21. The largest absolute Gasteiger partial charge is 0.382 e. The summed E-state index contributed by atoms with van der Waals surface area (Å²) in [7, 11) is 0. The molecule has 0 aliphatic carbocycles. The lowest BCUT2D eigenvalue weighted by Gasteiger charge is -2.16. The second-order valence-electron chi connectivity index (χ2n) is 8.20. The van der Waals surface area contributed by atoms with Gasteiger partial charge in [0.2, 0.25) is 0 Å². The van der Waals surface area contributed by atoms with Crippen molar-refractivity contribution in [3.05, 3.63) is 76.0 Å². The van der Waals surface area contributed by atoms with Gasteiger partial charge in [0, 0.05) is 36.1 Å². The second-order valence-corrected chi connectivity index (χ2v) is 8.58. The number of nitriles is 1. The zero-order valence-electron chi connectivity index (χ0n) is 18.5. The van der Waals surface area contributed by atoms with Crippen molar-refractivity contribution in [2.75, 3.05) is 5.32 Å². The minimum atomic E-state index is -1.25. The number of hydrogen-bond acceptors (Lipinski definition) is 7. The molecule has 0 amide bonds. The fourth-order valence-electron chi connectivity index (χ4n) is 3.36. The number of hydrogen-bond donors (Lipinski definition) is 2. The van der Waals surface area contributed by atoms with E-state index in [4.69, 9.17) is 16.9 Å². The van der Waals surface area contributed by atoms with Crippen LogP contribution in [0.15, 0.2) is 36.7 Å². The number of nitrogens with one attached hydrogen (secondary N) is 1. The molecule has 3 aromatic heterocycles. The van der Waals surface area contributed by atoms with Gasteiger partial charge in [-0.1, -0.05) is 11.6 Å².